The average Bonchev–Trinajstić information content (AvgIpc) is 3.65. The maximum atomic E-state index is 12.3. The molecule has 2 N–H and O–H groups in total. The van der Waals surface area contributed by atoms with Crippen molar-refractivity contribution < 1.29 is 13.2 Å². The van der Waals surface area contributed by atoms with Crippen molar-refractivity contribution in [2.24, 2.45) is 0 Å². The Labute approximate surface area is 175 Å². The maximum Gasteiger partial charge on any atom is 0.235 e. The summed E-state index contributed by atoms with van der Waals surface area (Å²) in [5.74, 6) is 0.637. The lowest BCUT2D eigenvalue weighted by Gasteiger charge is -2.18. The number of nitrogens with one attached hydrogen (secondary N) is 2. The summed E-state index contributed by atoms with van der Waals surface area (Å²) in [4.78, 5) is 21.2. The molecule has 0 unspecified atom stereocenters. The summed E-state index contributed by atoms with van der Waals surface area (Å²) < 4.78 is 27.4. The molecule has 5 rings (SSSR count). The normalized spacial score (nSPS) is 16.6. The Kier molecular flexibility index (Phi) is 4.54. The Bertz CT molecular complexity index is 1230. The SMILES string of the molecule is CCc1cc(NS(=O)(=O)C2CC2)ccc1-c1cc(N(C=O)C2CC2)nc2[nH]ccc12. The van der Waals surface area contributed by atoms with E-state index < -0.39 is 10.0 Å². The minimum Gasteiger partial charge on any atom is -0.346 e. The molecule has 8 heteroatoms. The Hall–Kier alpha value is -2.87. The van der Waals surface area contributed by atoms with Crippen LogP contribution in [0.3, 0.4) is 0 Å². The van der Waals surface area contributed by atoms with Gasteiger partial charge in [0.2, 0.25) is 16.4 Å². The van der Waals surface area contributed by atoms with Gasteiger partial charge in [-0.15, -0.1) is 0 Å². The summed E-state index contributed by atoms with van der Waals surface area (Å²) in [6.45, 7) is 2.05. The molecule has 0 spiro atoms. The highest BCUT2D eigenvalue weighted by Crippen LogP contribution is 2.37. The largest absolute Gasteiger partial charge is 0.346 e. The number of sulfonamides is 1. The van der Waals surface area contributed by atoms with Gasteiger partial charge in [-0.05, 0) is 73.1 Å². The number of amides is 1. The van der Waals surface area contributed by atoms with Crippen LogP contribution in [-0.4, -0.2) is 36.1 Å². The molecular formula is C22H24N4O3S. The Morgan fingerprint density at radius 2 is 1.97 bits per heavy atom. The number of carbonyl (C=O) groups is 1. The van der Waals surface area contributed by atoms with Crippen molar-refractivity contribution in [2.75, 3.05) is 9.62 Å². The van der Waals surface area contributed by atoms with E-state index in [9.17, 15) is 13.2 Å². The van der Waals surface area contributed by atoms with Crippen molar-refractivity contribution >= 4 is 39.0 Å². The number of aryl methyl sites for hydroxylation is 1. The fourth-order valence-electron chi connectivity index (χ4n) is 3.90. The highest BCUT2D eigenvalue weighted by molar-refractivity contribution is 7.93. The van der Waals surface area contributed by atoms with Crippen molar-refractivity contribution in [3.05, 3.63) is 42.1 Å². The zero-order valence-corrected chi connectivity index (χ0v) is 17.6. The first-order chi connectivity index (χ1) is 14.5. The molecule has 1 amide bonds. The van der Waals surface area contributed by atoms with Gasteiger partial charge in [0.25, 0.3) is 0 Å². The van der Waals surface area contributed by atoms with Gasteiger partial charge in [0.05, 0.1) is 5.25 Å². The number of nitrogens with zero attached hydrogens (tertiary/aromatic N) is 2. The Morgan fingerprint density at radius 3 is 2.63 bits per heavy atom. The summed E-state index contributed by atoms with van der Waals surface area (Å²) in [6.07, 6.45) is 6.90. The Morgan fingerprint density at radius 1 is 1.17 bits per heavy atom. The molecule has 2 saturated carbocycles. The zero-order valence-electron chi connectivity index (χ0n) is 16.8. The third-order valence-electron chi connectivity index (χ3n) is 5.83. The van der Waals surface area contributed by atoms with E-state index in [2.05, 4.69) is 21.6 Å². The molecule has 2 fully saturated rings. The van der Waals surface area contributed by atoms with Crippen molar-refractivity contribution in [3.8, 4) is 11.1 Å². The van der Waals surface area contributed by atoms with E-state index in [0.717, 1.165) is 66.2 Å². The van der Waals surface area contributed by atoms with E-state index in [1.807, 2.05) is 36.5 Å². The summed E-state index contributed by atoms with van der Waals surface area (Å²) in [5.41, 5.74) is 4.36. The number of benzene rings is 1. The number of hydrogen-bond donors (Lipinski definition) is 2. The summed E-state index contributed by atoms with van der Waals surface area (Å²) in [7, 11) is -3.30. The molecule has 156 valence electrons. The monoisotopic (exact) mass is 424 g/mol. The lowest BCUT2D eigenvalue weighted by Crippen LogP contribution is -2.24. The van der Waals surface area contributed by atoms with Crippen LogP contribution < -0.4 is 9.62 Å². The van der Waals surface area contributed by atoms with Crippen LogP contribution in [0, 0.1) is 0 Å². The van der Waals surface area contributed by atoms with E-state index >= 15 is 0 Å². The zero-order chi connectivity index (χ0) is 20.9. The van der Waals surface area contributed by atoms with Gasteiger partial charge in [0.15, 0.2) is 0 Å². The number of anilines is 2. The van der Waals surface area contributed by atoms with Crippen molar-refractivity contribution in [1.82, 2.24) is 9.97 Å². The number of carbonyl (C=O) groups excluding carboxylic acids is 1. The van der Waals surface area contributed by atoms with Crippen LogP contribution in [0.15, 0.2) is 36.5 Å². The van der Waals surface area contributed by atoms with Crippen LogP contribution in [0.5, 0.6) is 0 Å². The molecule has 1 aromatic carbocycles. The molecular weight excluding hydrogens is 400 g/mol. The number of H-pyrrole nitrogens is 1. The highest BCUT2D eigenvalue weighted by Gasteiger charge is 2.35. The van der Waals surface area contributed by atoms with E-state index in [1.54, 1.807) is 4.90 Å². The topological polar surface area (TPSA) is 95.2 Å². The molecule has 3 aromatic rings. The first kappa shape index (κ1) is 19.1. The molecule has 0 atom stereocenters. The standard InChI is InChI=1S/C22H24N4O3S/c1-2-14-11-15(25-30(28,29)17-6-7-17)3-8-18(14)20-12-21(26(13-27)16-4-5-16)24-22-19(20)9-10-23-22/h3,8-13,16-17,25H,2,4-7H2,1H3,(H,23,24). The quantitative estimate of drug-likeness (QED) is 0.538. The van der Waals surface area contributed by atoms with Crippen LogP contribution in [0.2, 0.25) is 0 Å². The molecule has 2 aliphatic rings. The predicted molar refractivity (Wildman–Crippen MR) is 118 cm³/mol. The van der Waals surface area contributed by atoms with Gasteiger partial charge in [-0.2, -0.15) is 0 Å². The fourth-order valence-corrected chi connectivity index (χ4v) is 5.28. The maximum absolute atomic E-state index is 12.3. The molecule has 30 heavy (non-hydrogen) atoms. The van der Waals surface area contributed by atoms with Crippen molar-refractivity contribution in [1.29, 1.82) is 0 Å². The number of aromatic amines is 1. The molecule has 0 aliphatic heterocycles. The molecule has 0 saturated heterocycles. The first-order valence-electron chi connectivity index (χ1n) is 10.4. The minimum absolute atomic E-state index is 0.222. The molecule has 0 radical (unpaired) electrons. The van der Waals surface area contributed by atoms with Gasteiger partial charge in [0, 0.05) is 23.3 Å². The van der Waals surface area contributed by atoms with Crippen LogP contribution in [0.4, 0.5) is 11.5 Å². The molecule has 2 aliphatic carbocycles. The average molecular weight is 425 g/mol. The predicted octanol–water partition coefficient (Wildman–Crippen LogP) is 3.82. The van der Waals surface area contributed by atoms with Gasteiger partial charge < -0.3 is 4.98 Å². The van der Waals surface area contributed by atoms with E-state index in [-0.39, 0.29) is 11.3 Å². The number of rotatable bonds is 8. The minimum atomic E-state index is -3.30. The highest BCUT2D eigenvalue weighted by atomic mass is 32.2. The third kappa shape index (κ3) is 3.45. The lowest BCUT2D eigenvalue weighted by molar-refractivity contribution is -0.107. The second kappa shape index (κ2) is 7.12. The van der Waals surface area contributed by atoms with Gasteiger partial charge in [0.1, 0.15) is 11.5 Å². The first-order valence-corrected chi connectivity index (χ1v) is 11.9. The summed E-state index contributed by atoms with van der Waals surface area (Å²) in [6, 6.07) is 9.84. The second-order valence-electron chi connectivity index (χ2n) is 8.08. The van der Waals surface area contributed by atoms with Crippen LogP contribution in [0.1, 0.15) is 38.2 Å². The summed E-state index contributed by atoms with van der Waals surface area (Å²) in [5, 5.41) is 0.711. The number of fused-ring (bicyclic) bond motifs is 1. The number of hydrogen-bond acceptors (Lipinski definition) is 4. The van der Waals surface area contributed by atoms with Gasteiger partial charge in [-0.1, -0.05) is 13.0 Å². The molecule has 2 heterocycles. The number of aromatic nitrogens is 2. The fraction of sp³-hybridized carbons (Fsp3) is 0.364. The lowest BCUT2D eigenvalue weighted by atomic mass is 9.96. The van der Waals surface area contributed by atoms with Gasteiger partial charge in [-0.3, -0.25) is 14.4 Å². The smallest absolute Gasteiger partial charge is 0.235 e. The van der Waals surface area contributed by atoms with E-state index in [4.69, 9.17) is 0 Å². The van der Waals surface area contributed by atoms with Gasteiger partial charge >= 0.3 is 0 Å². The Balaban J connectivity index is 1.59. The number of pyridine rings is 1. The van der Waals surface area contributed by atoms with E-state index in [0.29, 0.717) is 11.5 Å². The summed E-state index contributed by atoms with van der Waals surface area (Å²) >= 11 is 0. The van der Waals surface area contributed by atoms with Crippen molar-refractivity contribution in [2.45, 2.75) is 50.3 Å². The molecule has 0 bridgehead atoms. The van der Waals surface area contributed by atoms with Crippen LogP contribution in [0.25, 0.3) is 22.2 Å². The second-order valence-corrected chi connectivity index (χ2v) is 10.0. The van der Waals surface area contributed by atoms with Gasteiger partial charge in [-0.25, -0.2) is 13.4 Å². The molecule has 7 nitrogen and oxygen atoms in total. The van der Waals surface area contributed by atoms with Crippen LogP contribution in [-0.2, 0) is 21.2 Å². The molecule has 2 aromatic heterocycles. The van der Waals surface area contributed by atoms with E-state index in [1.165, 1.54) is 0 Å². The third-order valence-corrected chi connectivity index (χ3v) is 7.70. The van der Waals surface area contributed by atoms with Crippen LogP contribution >= 0.6 is 0 Å². The van der Waals surface area contributed by atoms with Crippen molar-refractivity contribution in [3.63, 3.8) is 0 Å².